The standard InChI is InChI=1S/C17H20N2O2/c1-11-7-12(2)16(18)8-15(11)17(21)19-9-13-3-5-14(10-20)6-4-13/h3-8,20H,9-10,18H2,1-2H3,(H,19,21). The van der Waals surface area contributed by atoms with E-state index in [1.165, 1.54) is 0 Å². The third-order valence-electron chi connectivity index (χ3n) is 3.52. The zero-order chi connectivity index (χ0) is 15.4. The Hall–Kier alpha value is -2.33. The van der Waals surface area contributed by atoms with Crippen molar-refractivity contribution in [1.29, 1.82) is 0 Å². The van der Waals surface area contributed by atoms with Crippen molar-refractivity contribution in [3.8, 4) is 0 Å². The lowest BCUT2D eigenvalue weighted by Crippen LogP contribution is -2.23. The van der Waals surface area contributed by atoms with E-state index in [4.69, 9.17) is 10.8 Å². The lowest BCUT2D eigenvalue weighted by atomic mass is 10.0. The second kappa shape index (κ2) is 6.41. The maximum absolute atomic E-state index is 12.2. The maximum Gasteiger partial charge on any atom is 0.251 e. The fraction of sp³-hybridized carbons (Fsp3) is 0.235. The lowest BCUT2D eigenvalue weighted by molar-refractivity contribution is 0.0950. The van der Waals surface area contributed by atoms with Crippen molar-refractivity contribution in [2.75, 3.05) is 5.73 Å². The molecule has 0 radical (unpaired) electrons. The first-order valence-corrected chi connectivity index (χ1v) is 6.85. The minimum atomic E-state index is -0.134. The summed E-state index contributed by atoms with van der Waals surface area (Å²) in [7, 11) is 0. The molecule has 4 nitrogen and oxygen atoms in total. The number of carbonyl (C=O) groups is 1. The van der Waals surface area contributed by atoms with Gasteiger partial charge < -0.3 is 16.2 Å². The van der Waals surface area contributed by atoms with Gasteiger partial charge in [0.25, 0.3) is 5.91 Å². The average Bonchev–Trinajstić information content (AvgIpc) is 2.49. The van der Waals surface area contributed by atoms with Crippen molar-refractivity contribution in [2.24, 2.45) is 0 Å². The molecular formula is C17H20N2O2. The van der Waals surface area contributed by atoms with Crippen LogP contribution in [-0.2, 0) is 13.2 Å². The van der Waals surface area contributed by atoms with Gasteiger partial charge in [-0.15, -0.1) is 0 Å². The van der Waals surface area contributed by atoms with Gasteiger partial charge in [0.2, 0.25) is 0 Å². The van der Waals surface area contributed by atoms with Crippen LogP contribution in [0.2, 0.25) is 0 Å². The van der Waals surface area contributed by atoms with Gasteiger partial charge >= 0.3 is 0 Å². The monoisotopic (exact) mass is 284 g/mol. The predicted octanol–water partition coefficient (Wildman–Crippen LogP) is 2.31. The van der Waals surface area contributed by atoms with Gasteiger partial charge in [-0.2, -0.15) is 0 Å². The number of nitrogen functional groups attached to an aromatic ring is 1. The van der Waals surface area contributed by atoms with Gasteiger partial charge in [0.1, 0.15) is 0 Å². The summed E-state index contributed by atoms with van der Waals surface area (Å²) in [5.74, 6) is -0.134. The van der Waals surface area contributed by atoms with E-state index >= 15 is 0 Å². The van der Waals surface area contributed by atoms with E-state index < -0.39 is 0 Å². The van der Waals surface area contributed by atoms with E-state index in [0.29, 0.717) is 17.8 Å². The van der Waals surface area contributed by atoms with Crippen LogP contribution in [0.5, 0.6) is 0 Å². The summed E-state index contributed by atoms with van der Waals surface area (Å²) in [6.45, 7) is 4.29. The summed E-state index contributed by atoms with van der Waals surface area (Å²) in [4.78, 5) is 12.2. The molecule has 0 bridgehead atoms. The second-order valence-corrected chi connectivity index (χ2v) is 5.18. The second-order valence-electron chi connectivity index (χ2n) is 5.18. The van der Waals surface area contributed by atoms with Gasteiger partial charge in [-0.25, -0.2) is 0 Å². The molecule has 1 amide bonds. The minimum Gasteiger partial charge on any atom is -0.398 e. The van der Waals surface area contributed by atoms with Gasteiger partial charge in [-0.1, -0.05) is 30.3 Å². The molecule has 0 aliphatic carbocycles. The van der Waals surface area contributed by atoms with E-state index in [1.807, 2.05) is 44.2 Å². The fourth-order valence-corrected chi connectivity index (χ4v) is 2.15. The molecule has 2 rings (SSSR count). The van der Waals surface area contributed by atoms with Crippen LogP contribution in [-0.4, -0.2) is 11.0 Å². The smallest absolute Gasteiger partial charge is 0.251 e. The van der Waals surface area contributed by atoms with Crippen LogP contribution < -0.4 is 11.1 Å². The number of carbonyl (C=O) groups excluding carboxylic acids is 1. The Balaban J connectivity index is 2.06. The Labute approximate surface area is 124 Å². The minimum absolute atomic E-state index is 0.0223. The van der Waals surface area contributed by atoms with Gasteiger partial charge in [-0.3, -0.25) is 4.79 Å². The summed E-state index contributed by atoms with van der Waals surface area (Å²) < 4.78 is 0. The van der Waals surface area contributed by atoms with Crippen LogP contribution in [0.3, 0.4) is 0 Å². The van der Waals surface area contributed by atoms with Crippen molar-refractivity contribution < 1.29 is 9.90 Å². The molecule has 0 fully saturated rings. The van der Waals surface area contributed by atoms with Crippen LogP contribution in [0.15, 0.2) is 36.4 Å². The number of hydrogen-bond donors (Lipinski definition) is 3. The van der Waals surface area contributed by atoms with Crippen molar-refractivity contribution in [3.05, 3.63) is 64.2 Å². The first-order valence-electron chi connectivity index (χ1n) is 6.85. The highest BCUT2D eigenvalue weighted by molar-refractivity contribution is 5.96. The van der Waals surface area contributed by atoms with Gasteiger partial charge in [-0.05, 0) is 42.2 Å². The molecule has 2 aromatic carbocycles. The molecule has 0 atom stereocenters. The molecule has 2 aromatic rings. The zero-order valence-electron chi connectivity index (χ0n) is 12.3. The molecule has 0 aliphatic heterocycles. The molecule has 4 heteroatoms. The molecule has 0 spiro atoms. The topological polar surface area (TPSA) is 75.3 Å². The van der Waals surface area contributed by atoms with Crippen LogP contribution >= 0.6 is 0 Å². The Kier molecular flexibility index (Phi) is 4.60. The zero-order valence-corrected chi connectivity index (χ0v) is 12.3. The number of amides is 1. The van der Waals surface area contributed by atoms with Crippen molar-refractivity contribution in [3.63, 3.8) is 0 Å². The molecule has 0 heterocycles. The van der Waals surface area contributed by atoms with Crippen LogP contribution in [0, 0.1) is 13.8 Å². The maximum atomic E-state index is 12.2. The van der Waals surface area contributed by atoms with Gasteiger partial charge in [0.15, 0.2) is 0 Å². The first kappa shape index (κ1) is 15.1. The fourth-order valence-electron chi connectivity index (χ4n) is 2.15. The Morgan fingerprint density at radius 3 is 2.33 bits per heavy atom. The number of benzene rings is 2. The SMILES string of the molecule is Cc1cc(C)c(C(=O)NCc2ccc(CO)cc2)cc1N. The third-order valence-corrected chi connectivity index (χ3v) is 3.52. The quantitative estimate of drug-likeness (QED) is 0.754. The summed E-state index contributed by atoms with van der Waals surface area (Å²) in [5, 5.41) is 11.9. The number of rotatable bonds is 4. The summed E-state index contributed by atoms with van der Waals surface area (Å²) in [5.41, 5.74) is 10.8. The third kappa shape index (κ3) is 3.61. The van der Waals surface area contributed by atoms with E-state index in [2.05, 4.69) is 5.32 Å². The number of nitrogens with one attached hydrogen (secondary N) is 1. The molecule has 110 valence electrons. The normalized spacial score (nSPS) is 10.4. The van der Waals surface area contributed by atoms with E-state index in [1.54, 1.807) is 6.07 Å². The van der Waals surface area contributed by atoms with Crippen molar-refractivity contribution in [2.45, 2.75) is 27.0 Å². The molecule has 4 N–H and O–H groups in total. The molecular weight excluding hydrogens is 264 g/mol. The highest BCUT2D eigenvalue weighted by atomic mass is 16.3. The Morgan fingerprint density at radius 2 is 1.71 bits per heavy atom. The van der Waals surface area contributed by atoms with Crippen molar-refractivity contribution in [1.82, 2.24) is 5.32 Å². The summed E-state index contributed by atoms with van der Waals surface area (Å²) >= 11 is 0. The lowest BCUT2D eigenvalue weighted by Gasteiger charge is -2.10. The Bertz CT molecular complexity index is 649. The van der Waals surface area contributed by atoms with E-state index in [9.17, 15) is 4.79 Å². The van der Waals surface area contributed by atoms with Gasteiger partial charge in [0, 0.05) is 17.8 Å². The number of aryl methyl sites for hydroxylation is 2. The molecule has 0 saturated heterocycles. The number of hydrogen-bond acceptors (Lipinski definition) is 3. The van der Waals surface area contributed by atoms with E-state index in [0.717, 1.165) is 22.3 Å². The molecule has 21 heavy (non-hydrogen) atoms. The van der Waals surface area contributed by atoms with Gasteiger partial charge in [0.05, 0.1) is 6.61 Å². The number of aliphatic hydroxyl groups is 1. The average molecular weight is 284 g/mol. The largest absolute Gasteiger partial charge is 0.398 e. The highest BCUT2D eigenvalue weighted by Gasteiger charge is 2.10. The van der Waals surface area contributed by atoms with Crippen LogP contribution in [0.1, 0.15) is 32.6 Å². The Morgan fingerprint density at radius 1 is 1.10 bits per heavy atom. The van der Waals surface area contributed by atoms with Crippen LogP contribution in [0.25, 0.3) is 0 Å². The molecule has 0 saturated carbocycles. The number of nitrogens with two attached hydrogens (primary N) is 1. The van der Waals surface area contributed by atoms with Crippen molar-refractivity contribution >= 4 is 11.6 Å². The first-order chi connectivity index (χ1) is 10.0. The van der Waals surface area contributed by atoms with E-state index in [-0.39, 0.29) is 12.5 Å². The summed E-state index contributed by atoms with van der Waals surface area (Å²) in [6.07, 6.45) is 0. The molecule has 0 aromatic heterocycles. The summed E-state index contributed by atoms with van der Waals surface area (Å²) in [6, 6.07) is 11.1. The number of anilines is 1. The number of aliphatic hydroxyl groups excluding tert-OH is 1. The van der Waals surface area contributed by atoms with Crippen LogP contribution in [0.4, 0.5) is 5.69 Å². The molecule has 0 aliphatic rings. The molecule has 0 unspecified atom stereocenters. The predicted molar refractivity (Wildman–Crippen MR) is 83.9 cm³/mol. The highest BCUT2D eigenvalue weighted by Crippen LogP contribution is 2.17.